The van der Waals surface area contributed by atoms with Crippen LogP contribution in [0.4, 0.5) is 5.69 Å². The molecule has 0 unspecified atom stereocenters. The molecule has 3 N–H and O–H groups in total. The number of nitrogen functional groups attached to an aromatic ring is 1. The van der Waals surface area contributed by atoms with Crippen LogP contribution in [0.5, 0.6) is 11.5 Å². The van der Waals surface area contributed by atoms with Crippen molar-refractivity contribution in [1.82, 2.24) is 5.32 Å². The number of nitrogens with two attached hydrogens (primary N) is 1. The molecule has 0 atom stereocenters. The fourth-order valence-corrected chi connectivity index (χ4v) is 4.02. The molecule has 1 saturated carbocycles. The van der Waals surface area contributed by atoms with Crippen molar-refractivity contribution < 1.29 is 14.3 Å². The number of anilines is 1. The second-order valence-corrected chi connectivity index (χ2v) is 7.15. The second-order valence-electron chi connectivity index (χ2n) is 7.15. The van der Waals surface area contributed by atoms with Gasteiger partial charge in [-0.15, -0.1) is 12.4 Å². The van der Waals surface area contributed by atoms with E-state index >= 15 is 0 Å². The molecule has 27 heavy (non-hydrogen) atoms. The Morgan fingerprint density at radius 2 is 1.78 bits per heavy atom. The summed E-state index contributed by atoms with van der Waals surface area (Å²) in [6.07, 6.45) is 4.46. The van der Waals surface area contributed by atoms with E-state index in [9.17, 15) is 4.79 Å². The maximum atomic E-state index is 12.5. The number of nitrogens with one attached hydrogen (secondary N) is 1. The Morgan fingerprint density at radius 1 is 1.04 bits per heavy atom. The topological polar surface area (TPSA) is 73.6 Å². The van der Waals surface area contributed by atoms with Crippen molar-refractivity contribution in [2.24, 2.45) is 0 Å². The summed E-state index contributed by atoms with van der Waals surface area (Å²) in [4.78, 5) is 12.5. The first kappa shape index (κ1) is 19.4. The zero-order valence-corrected chi connectivity index (χ0v) is 16.0. The van der Waals surface area contributed by atoms with Crippen LogP contribution in [-0.2, 0) is 5.41 Å². The monoisotopic (exact) mass is 388 g/mol. The smallest absolute Gasteiger partial charge is 0.251 e. The molecule has 0 aromatic heterocycles. The quantitative estimate of drug-likeness (QED) is 0.783. The highest BCUT2D eigenvalue weighted by atomic mass is 35.5. The molecule has 1 fully saturated rings. The van der Waals surface area contributed by atoms with Crippen LogP contribution in [0.2, 0.25) is 0 Å². The predicted octanol–water partition coefficient (Wildman–Crippen LogP) is 3.70. The molecular formula is C21H25ClN2O3. The van der Waals surface area contributed by atoms with Crippen molar-refractivity contribution in [3.63, 3.8) is 0 Å². The zero-order chi connectivity index (χ0) is 18.0. The summed E-state index contributed by atoms with van der Waals surface area (Å²) in [5, 5.41) is 3.12. The van der Waals surface area contributed by atoms with Crippen LogP contribution in [-0.4, -0.2) is 25.7 Å². The predicted molar refractivity (Wildman–Crippen MR) is 108 cm³/mol. The van der Waals surface area contributed by atoms with E-state index in [1.54, 1.807) is 24.3 Å². The number of carbonyl (C=O) groups excluding carboxylic acids is 1. The van der Waals surface area contributed by atoms with Crippen LogP contribution in [0.3, 0.4) is 0 Å². The molecule has 1 heterocycles. The first-order valence-corrected chi connectivity index (χ1v) is 9.20. The van der Waals surface area contributed by atoms with Gasteiger partial charge in [0.25, 0.3) is 5.91 Å². The molecule has 1 aliphatic heterocycles. The number of carbonyl (C=O) groups is 1. The molecular weight excluding hydrogens is 364 g/mol. The highest BCUT2D eigenvalue weighted by Gasteiger charge is 2.36. The molecule has 2 aliphatic rings. The van der Waals surface area contributed by atoms with E-state index in [1.165, 1.54) is 18.4 Å². The van der Waals surface area contributed by atoms with Crippen molar-refractivity contribution in [3.05, 3.63) is 53.6 Å². The standard InChI is InChI=1S/C21H24N2O3.ClH/c22-17-5-3-4-15(12-17)20(24)23-14-21(8-1-2-9-21)16-6-7-18-19(13-16)26-11-10-25-18;/h3-7,12-13H,1-2,8-11,14,22H2,(H,23,24);1H. The third kappa shape index (κ3) is 3.98. The van der Waals surface area contributed by atoms with Crippen LogP contribution in [0.1, 0.15) is 41.6 Å². The summed E-state index contributed by atoms with van der Waals surface area (Å²) in [5.41, 5.74) is 8.15. The second kappa shape index (κ2) is 8.09. The molecule has 0 spiro atoms. The highest BCUT2D eigenvalue weighted by Crippen LogP contribution is 2.43. The van der Waals surface area contributed by atoms with Crippen LogP contribution < -0.4 is 20.5 Å². The summed E-state index contributed by atoms with van der Waals surface area (Å²) in [7, 11) is 0. The lowest BCUT2D eigenvalue weighted by Gasteiger charge is -2.31. The van der Waals surface area contributed by atoms with Crippen LogP contribution >= 0.6 is 12.4 Å². The maximum Gasteiger partial charge on any atom is 0.251 e. The number of rotatable bonds is 4. The van der Waals surface area contributed by atoms with Gasteiger partial charge in [0.05, 0.1) is 0 Å². The van der Waals surface area contributed by atoms with Crippen molar-refractivity contribution in [1.29, 1.82) is 0 Å². The summed E-state index contributed by atoms with van der Waals surface area (Å²) in [6, 6.07) is 13.3. The third-order valence-corrected chi connectivity index (χ3v) is 5.45. The minimum atomic E-state index is -0.0823. The Balaban J connectivity index is 0.00000210. The minimum Gasteiger partial charge on any atom is -0.486 e. The van der Waals surface area contributed by atoms with Gasteiger partial charge in [0.15, 0.2) is 11.5 Å². The van der Waals surface area contributed by atoms with E-state index in [1.807, 2.05) is 6.07 Å². The Hall–Kier alpha value is -2.40. The van der Waals surface area contributed by atoms with Crippen molar-refractivity contribution >= 4 is 24.0 Å². The van der Waals surface area contributed by atoms with Crippen LogP contribution in [0, 0.1) is 0 Å². The average Bonchev–Trinajstić information content (AvgIpc) is 3.16. The molecule has 0 bridgehead atoms. The first-order chi connectivity index (χ1) is 12.7. The minimum absolute atomic E-state index is 0. The maximum absolute atomic E-state index is 12.5. The lowest BCUT2D eigenvalue weighted by atomic mass is 9.78. The van der Waals surface area contributed by atoms with Crippen LogP contribution in [0.25, 0.3) is 0 Å². The molecule has 2 aromatic rings. The largest absolute Gasteiger partial charge is 0.486 e. The zero-order valence-electron chi connectivity index (χ0n) is 15.2. The number of benzene rings is 2. The third-order valence-electron chi connectivity index (χ3n) is 5.45. The number of fused-ring (bicyclic) bond motifs is 1. The van der Waals surface area contributed by atoms with Crippen molar-refractivity contribution in [3.8, 4) is 11.5 Å². The van der Waals surface area contributed by atoms with Gasteiger partial charge in [-0.25, -0.2) is 0 Å². The van der Waals surface area contributed by atoms with E-state index in [4.69, 9.17) is 15.2 Å². The summed E-state index contributed by atoms with van der Waals surface area (Å²) in [6.45, 7) is 1.78. The lowest BCUT2D eigenvalue weighted by Crippen LogP contribution is -2.39. The number of amides is 1. The van der Waals surface area contributed by atoms with Gasteiger partial charge in [0, 0.05) is 23.2 Å². The van der Waals surface area contributed by atoms with Gasteiger partial charge in [-0.2, -0.15) is 0 Å². The van der Waals surface area contributed by atoms with Gasteiger partial charge in [-0.3, -0.25) is 4.79 Å². The molecule has 1 aliphatic carbocycles. The summed E-state index contributed by atoms with van der Waals surface area (Å²) >= 11 is 0. The fraction of sp³-hybridized carbons (Fsp3) is 0.381. The van der Waals surface area contributed by atoms with E-state index < -0.39 is 0 Å². The molecule has 0 saturated heterocycles. The van der Waals surface area contributed by atoms with Gasteiger partial charge in [0.2, 0.25) is 0 Å². The molecule has 4 rings (SSSR count). The molecule has 5 nitrogen and oxygen atoms in total. The first-order valence-electron chi connectivity index (χ1n) is 9.20. The fourth-order valence-electron chi connectivity index (χ4n) is 4.02. The molecule has 0 radical (unpaired) electrons. The lowest BCUT2D eigenvalue weighted by molar-refractivity contribution is 0.0943. The summed E-state index contributed by atoms with van der Waals surface area (Å²) < 4.78 is 11.4. The van der Waals surface area contributed by atoms with Crippen LogP contribution in [0.15, 0.2) is 42.5 Å². The number of ether oxygens (including phenoxy) is 2. The molecule has 6 heteroatoms. The van der Waals surface area contributed by atoms with E-state index in [-0.39, 0.29) is 23.7 Å². The Kier molecular flexibility index (Phi) is 5.80. The Bertz CT molecular complexity index is 819. The molecule has 1 amide bonds. The number of hydrogen-bond donors (Lipinski definition) is 2. The van der Waals surface area contributed by atoms with E-state index in [0.29, 0.717) is 31.0 Å². The highest BCUT2D eigenvalue weighted by molar-refractivity contribution is 5.95. The van der Waals surface area contributed by atoms with E-state index in [0.717, 1.165) is 24.3 Å². The normalized spacial score (nSPS) is 17.0. The number of halogens is 1. The van der Waals surface area contributed by atoms with Crippen molar-refractivity contribution in [2.75, 3.05) is 25.5 Å². The Morgan fingerprint density at radius 3 is 2.52 bits per heavy atom. The average molecular weight is 389 g/mol. The summed E-state index contributed by atoms with van der Waals surface area (Å²) in [5.74, 6) is 1.53. The van der Waals surface area contributed by atoms with E-state index in [2.05, 4.69) is 17.4 Å². The van der Waals surface area contributed by atoms with Gasteiger partial charge >= 0.3 is 0 Å². The van der Waals surface area contributed by atoms with Gasteiger partial charge in [-0.1, -0.05) is 25.0 Å². The van der Waals surface area contributed by atoms with Crippen molar-refractivity contribution in [2.45, 2.75) is 31.1 Å². The van der Waals surface area contributed by atoms with Gasteiger partial charge in [0.1, 0.15) is 13.2 Å². The molecule has 2 aromatic carbocycles. The SMILES string of the molecule is Cl.Nc1cccc(C(=O)NCC2(c3ccc4c(c3)OCCO4)CCCC2)c1. The van der Waals surface area contributed by atoms with Gasteiger partial charge < -0.3 is 20.5 Å². The molecule has 144 valence electrons. The van der Waals surface area contributed by atoms with Gasteiger partial charge in [-0.05, 0) is 48.7 Å². The number of hydrogen-bond acceptors (Lipinski definition) is 4. The Labute approximate surface area is 165 Å².